The van der Waals surface area contributed by atoms with Gasteiger partial charge in [0.25, 0.3) is 0 Å². The Bertz CT molecular complexity index is 207. The van der Waals surface area contributed by atoms with Crippen LogP contribution in [0.3, 0.4) is 0 Å². The van der Waals surface area contributed by atoms with E-state index in [4.69, 9.17) is 4.74 Å². The van der Waals surface area contributed by atoms with Gasteiger partial charge in [-0.15, -0.1) is 0 Å². The van der Waals surface area contributed by atoms with Crippen molar-refractivity contribution in [2.45, 2.75) is 20.3 Å². The smallest absolute Gasteiger partial charge is 0.230 e. The van der Waals surface area contributed by atoms with E-state index in [2.05, 4.69) is 21.2 Å². The Morgan fingerprint density at radius 2 is 2.00 bits per heavy atom. The van der Waals surface area contributed by atoms with Gasteiger partial charge in [-0.2, -0.15) is 0 Å². The minimum atomic E-state index is -0.0585. The van der Waals surface area contributed by atoms with E-state index in [9.17, 15) is 9.59 Å². The lowest BCUT2D eigenvalue weighted by Gasteiger charge is -2.06. The number of halogens is 1. The van der Waals surface area contributed by atoms with Crippen molar-refractivity contribution in [2.24, 2.45) is 5.92 Å². The lowest BCUT2D eigenvalue weighted by molar-refractivity contribution is -0.123. The highest BCUT2D eigenvalue weighted by Crippen LogP contribution is 1.98. The molecule has 0 saturated heterocycles. The third-order valence-corrected chi connectivity index (χ3v) is 2.34. The average Bonchev–Trinajstić information content (AvgIpc) is 2.22. The van der Waals surface area contributed by atoms with Crippen LogP contribution in [0.4, 0.5) is 0 Å². The molecule has 0 unspecified atom stereocenters. The number of amides is 1. The normalized spacial score (nSPS) is 10.4. The maximum absolute atomic E-state index is 11.2. The van der Waals surface area contributed by atoms with Crippen LogP contribution in [0.25, 0.3) is 0 Å². The van der Waals surface area contributed by atoms with E-state index in [0.29, 0.717) is 31.5 Å². The van der Waals surface area contributed by atoms with Gasteiger partial charge in [-0.25, -0.2) is 0 Å². The zero-order chi connectivity index (χ0) is 11.7. The van der Waals surface area contributed by atoms with Crippen LogP contribution in [0, 0.1) is 5.92 Å². The van der Waals surface area contributed by atoms with Gasteiger partial charge in [0.2, 0.25) is 5.91 Å². The maximum Gasteiger partial charge on any atom is 0.230 e. The van der Waals surface area contributed by atoms with Crippen LogP contribution in [0.1, 0.15) is 20.3 Å². The number of alkyl halides is 1. The summed E-state index contributed by atoms with van der Waals surface area (Å²) >= 11 is 3.04. The minimum absolute atomic E-state index is 0.0585. The number of ketones is 1. The quantitative estimate of drug-likeness (QED) is 0.535. The van der Waals surface area contributed by atoms with Crippen molar-refractivity contribution in [1.82, 2.24) is 5.32 Å². The molecule has 88 valence electrons. The van der Waals surface area contributed by atoms with Crippen molar-refractivity contribution in [3.8, 4) is 0 Å². The molecule has 1 amide bonds. The van der Waals surface area contributed by atoms with Crippen molar-refractivity contribution < 1.29 is 14.3 Å². The Morgan fingerprint density at radius 3 is 2.53 bits per heavy atom. The van der Waals surface area contributed by atoms with Crippen molar-refractivity contribution in [3.05, 3.63) is 0 Å². The van der Waals surface area contributed by atoms with E-state index >= 15 is 0 Å². The predicted octanol–water partition coefficient (Wildman–Crippen LogP) is 1.13. The van der Waals surface area contributed by atoms with E-state index in [-0.39, 0.29) is 17.6 Å². The summed E-state index contributed by atoms with van der Waals surface area (Å²) in [6.45, 7) is 5.11. The van der Waals surface area contributed by atoms with E-state index in [1.165, 1.54) is 0 Å². The minimum Gasteiger partial charge on any atom is -0.379 e. The van der Waals surface area contributed by atoms with Crippen LogP contribution in [0.15, 0.2) is 0 Å². The second-order valence-corrected chi connectivity index (χ2v) is 4.03. The summed E-state index contributed by atoms with van der Waals surface area (Å²) in [5.74, 6) is 0.220. The van der Waals surface area contributed by atoms with Gasteiger partial charge in [0, 0.05) is 18.9 Å². The van der Waals surface area contributed by atoms with Gasteiger partial charge < -0.3 is 10.1 Å². The molecule has 0 aromatic heterocycles. The summed E-state index contributed by atoms with van der Waals surface area (Å²) in [5.41, 5.74) is 0. The van der Waals surface area contributed by atoms with E-state index in [0.717, 1.165) is 0 Å². The fraction of sp³-hybridized carbons (Fsp3) is 0.800. The van der Waals surface area contributed by atoms with Gasteiger partial charge in [0.15, 0.2) is 0 Å². The molecule has 4 nitrogen and oxygen atoms in total. The highest BCUT2D eigenvalue weighted by molar-refractivity contribution is 9.09. The van der Waals surface area contributed by atoms with E-state index in [1.54, 1.807) is 0 Å². The Hall–Kier alpha value is -0.420. The number of rotatable bonds is 8. The molecule has 0 aliphatic rings. The Morgan fingerprint density at radius 1 is 1.33 bits per heavy atom. The lowest BCUT2D eigenvalue weighted by atomic mass is 10.1. The number of carbonyl (C=O) groups excluding carboxylic acids is 2. The summed E-state index contributed by atoms with van der Waals surface area (Å²) in [6.07, 6.45) is 0.448. The number of nitrogens with one attached hydrogen (secondary N) is 1. The average molecular weight is 280 g/mol. The fourth-order valence-corrected chi connectivity index (χ4v) is 1.07. The number of Topliss-reactive ketones (excluding diaryl/α,β-unsaturated/α-hetero) is 1. The first-order valence-electron chi connectivity index (χ1n) is 5.01. The SMILES string of the molecule is CC(C)C(=O)CCOCCNC(=O)CBr. The van der Waals surface area contributed by atoms with Crippen LogP contribution in [0.5, 0.6) is 0 Å². The van der Waals surface area contributed by atoms with Gasteiger partial charge >= 0.3 is 0 Å². The zero-order valence-corrected chi connectivity index (χ0v) is 10.8. The maximum atomic E-state index is 11.2. The number of hydrogen-bond donors (Lipinski definition) is 1. The molecule has 5 heteroatoms. The molecule has 0 fully saturated rings. The van der Waals surface area contributed by atoms with Crippen molar-refractivity contribution in [3.63, 3.8) is 0 Å². The molecule has 0 heterocycles. The zero-order valence-electron chi connectivity index (χ0n) is 9.22. The first kappa shape index (κ1) is 14.6. The van der Waals surface area contributed by atoms with Crippen LogP contribution < -0.4 is 5.32 Å². The highest BCUT2D eigenvalue weighted by Gasteiger charge is 2.06. The van der Waals surface area contributed by atoms with Gasteiger partial charge in [0.05, 0.1) is 18.5 Å². The molecule has 0 aromatic rings. The Kier molecular flexibility index (Phi) is 8.61. The van der Waals surface area contributed by atoms with Crippen LogP contribution in [-0.4, -0.2) is 36.8 Å². The molecule has 0 bridgehead atoms. The predicted molar refractivity (Wildman–Crippen MR) is 62.1 cm³/mol. The van der Waals surface area contributed by atoms with Crippen LogP contribution in [-0.2, 0) is 14.3 Å². The summed E-state index contributed by atoms with van der Waals surface area (Å²) < 4.78 is 5.20. The van der Waals surface area contributed by atoms with Gasteiger partial charge in [-0.1, -0.05) is 29.8 Å². The third kappa shape index (κ3) is 8.57. The second-order valence-electron chi connectivity index (χ2n) is 3.47. The molecule has 15 heavy (non-hydrogen) atoms. The Balaban J connectivity index is 3.25. The number of ether oxygens (including phenoxy) is 1. The number of hydrogen-bond acceptors (Lipinski definition) is 3. The van der Waals surface area contributed by atoms with Crippen molar-refractivity contribution >= 4 is 27.6 Å². The molecular formula is C10H18BrNO3. The van der Waals surface area contributed by atoms with Crippen molar-refractivity contribution in [1.29, 1.82) is 0 Å². The molecule has 0 aliphatic carbocycles. The van der Waals surface area contributed by atoms with Gasteiger partial charge in [0.1, 0.15) is 5.78 Å². The molecule has 1 N–H and O–H groups in total. The largest absolute Gasteiger partial charge is 0.379 e. The topological polar surface area (TPSA) is 55.4 Å². The molecule has 0 saturated carbocycles. The summed E-state index contributed by atoms with van der Waals surface area (Å²) in [6, 6.07) is 0. The van der Waals surface area contributed by atoms with Crippen LogP contribution in [0.2, 0.25) is 0 Å². The van der Waals surface area contributed by atoms with Gasteiger partial charge in [-0.05, 0) is 0 Å². The molecule has 0 radical (unpaired) electrons. The molecule has 0 spiro atoms. The highest BCUT2D eigenvalue weighted by atomic mass is 79.9. The van der Waals surface area contributed by atoms with E-state index in [1.807, 2.05) is 13.8 Å². The van der Waals surface area contributed by atoms with Crippen LogP contribution >= 0.6 is 15.9 Å². The third-order valence-electron chi connectivity index (χ3n) is 1.83. The monoisotopic (exact) mass is 279 g/mol. The lowest BCUT2D eigenvalue weighted by Crippen LogP contribution is -2.28. The standard InChI is InChI=1S/C10H18BrNO3/c1-8(2)9(13)3-5-15-6-4-12-10(14)7-11/h8H,3-7H2,1-2H3,(H,12,14). The first-order chi connectivity index (χ1) is 7.07. The molecule has 0 aliphatic heterocycles. The van der Waals surface area contributed by atoms with E-state index < -0.39 is 0 Å². The molecule has 0 rings (SSSR count). The van der Waals surface area contributed by atoms with Gasteiger partial charge in [-0.3, -0.25) is 9.59 Å². The fourth-order valence-electron chi connectivity index (χ4n) is 0.873. The second kappa shape index (κ2) is 8.85. The number of carbonyl (C=O) groups is 2. The molecular weight excluding hydrogens is 262 g/mol. The molecule has 0 atom stereocenters. The summed E-state index contributed by atoms with van der Waals surface area (Å²) in [7, 11) is 0. The van der Waals surface area contributed by atoms with Crippen molar-refractivity contribution in [2.75, 3.05) is 25.1 Å². The first-order valence-corrected chi connectivity index (χ1v) is 6.13. The molecule has 0 aromatic carbocycles. The summed E-state index contributed by atoms with van der Waals surface area (Å²) in [4.78, 5) is 21.9. The summed E-state index contributed by atoms with van der Waals surface area (Å²) in [5, 5.41) is 2.95. The Labute approximate surface area is 98.9 Å².